The molecule has 16 nitrogen and oxygen atoms in total. The fraction of sp³-hybridized carbons (Fsp3) is 0.367. The zero-order chi connectivity index (χ0) is 33.8. The number of thioether (sulfide) groups is 1. The first-order chi connectivity index (χ1) is 22.7. The summed E-state index contributed by atoms with van der Waals surface area (Å²) in [6.45, 7) is -0.351. The number of aromatic amines is 3. The van der Waals surface area contributed by atoms with Gasteiger partial charge in [-0.1, -0.05) is 18.2 Å². The van der Waals surface area contributed by atoms with Gasteiger partial charge in [0.05, 0.1) is 19.2 Å². The number of aliphatic carboxylic acids is 1. The Balaban J connectivity index is 1.57. The van der Waals surface area contributed by atoms with E-state index in [0.29, 0.717) is 17.1 Å². The molecule has 3 heterocycles. The Kier molecular flexibility index (Phi) is 12.5. The Morgan fingerprint density at radius 2 is 1.38 bits per heavy atom. The highest BCUT2D eigenvalue weighted by atomic mass is 32.2. The number of carboxylic acids is 1. The van der Waals surface area contributed by atoms with E-state index in [1.165, 1.54) is 36.8 Å². The second kappa shape index (κ2) is 17.0. The zero-order valence-electron chi connectivity index (χ0n) is 25.6. The molecule has 0 unspecified atom stereocenters. The molecule has 0 aliphatic carbocycles. The number of carboxylic acid groups (broad SMARTS) is 1. The van der Waals surface area contributed by atoms with E-state index in [2.05, 4.69) is 46.2 Å². The number of H-pyrrole nitrogens is 3. The summed E-state index contributed by atoms with van der Waals surface area (Å²) in [7, 11) is 0. The summed E-state index contributed by atoms with van der Waals surface area (Å²) in [4.78, 5) is 81.9. The van der Waals surface area contributed by atoms with Crippen molar-refractivity contribution < 1.29 is 29.1 Å². The van der Waals surface area contributed by atoms with Crippen molar-refractivity contribution in [3.8, 4) is 0 Å². The molecule has 0 aliphatic rings. The van der Waals surface area contributed by atoms with Crippen LogP contribution in [-0.2, 0) is 43.2 Å². The molecule has 250 valence electrons. The van der Waals surface area contributed by atoms with Gasteiger partial charge in [0.15, 0.2) is 0 Å². The molecule has 4 aromatic rings. The molecule has 0 bridgehead atoms. The van der Waals surface area contributed by atoms with Crippen LogP contribution in [0.15, 0.2) is 55.5 Å². The minimum Gasteiger partial charge on any atom is -0.480 e. The number of fused-ring (bicyclic) bond motifs is 1. The average Bonchev–Trinajstić information content (AvgIpc) is 3.85. The fourth-order valence-corrected chi connectivity index (χ4v) is 5.42. The van der Waals surface area contributed by atoms with E-state index in [-0.39, 0.29) is 32.2 Å². The lowest BCUT2D eigenvalue weighted by Gasteiger charge is -2.26. The van der Waals surface area contributed by atoms with Gasteiger partial charge in [-0.25, -0.2) is 14.8 Å². The SMILES string of the molecule is CSCC[C@H](NC(=O)[C@H](Cc1c[nH]c2ccccc12)NC(=O)[C@H](Cc1cnc[nH]1)NC(=O)CN)C(=O)N[C@@H](Cc1cnc[nH]1)C(=O)O. The molecule has 0 aliphatic heterocycles. The molecule has 4 rings (SSSR count). The maximum atomic E-state index is 13.9. The number of benzene rings is 1. The molecule has 10 N–H and O–H groups in total. The number of nitrogens with zero attached hydrogens (tertiary/aromatic N) is 2. The van der Waals surface area contributed by atoms with Gasteiger partial charge in [-0.15, -0.1) is 0 Å². The summed E-state index contributed by atoms with van der Waals surface area (Å²) >= 11 is 1.45. The Hall–Kier alpha value is -5.16. The Morgan fingerprint density at radius 3 is 1.98 bits per heavy atom. The Bertz CT molecular complexity index is 1640. The minimum absolute atomic E-state index is 0.0393. The molecular formula is C30H38N10O6S. The van der Waals surface area contributed by atoms with E-state index >= 15 is 0 Å². The van der Waals surface area contributed by atoms with Gasteiger partial charge in [0.1, 0.15) is 24.2 Å². The van der Waals surface area contributed by atoms with Crippen LogP contribution in [0.5, 0.6) is 0 Å². The van der Waals surface area contributed by atoms with Crippen molar-refractivity contribution in [1.82, 2.24) is 46.2 Å². The molecule has 0 saturated carbocycles. The second-order valence-corrected chi connectivity index (χ2v) is 11.7. The molecule has 47 heavy (non-hydrogen) atoms. The summed E-state index contributed by atoms with van der Waals surface area (Å²) < 4.78 is 0. The number of carbonyl (C=O) groups excluding carboxylic acids is 4. The Labute approximate surface area is 273 Å². The smallest absolute Gasteiger partial charge is 0.326 e. The summed E-state index contributed by atoms with van der Waals surface area (Å²) in [5.74, 6) is -3.36. The minimum atomic E-state index is -1.28. The molecule has 3 aromatic heterocycles. The number of carbonyl (C=O) groups is 5. The standard InChI is InChI=1S/C30H38N10O6S/c1-47-7-6-22(27(42)40-25(30(45)46)10-19-14-33-16-36-19)38-28(43)23(8-17-12-34-21-5-3-2-4-20(17)21)39-29(44)24(37-26(41)11-31)9-18-13-32-15-35-18/h2-5,12-16,22-25,34H,6-11,31H2,1H3,(H,32,35)(H,33,36)(H,37,41)(H,38,43)(H,39,44)(H,40,42)(H,45,46)/t22-,23-,24-,25-/m0/s1. The van der Waals surface area contributed by atoms with E-state index in [4.69, 9.17) is 5.73 Å². The molecule has 4 amide bonds. The van der Waals surface area contributed by atoms with Gasteiger partial charge in [0.25, 0.3) is 0 Å². The van der Waals surface area contributed by atoms with Crippen molar-refractivity contribution in [2.75, 3.05) is 18.6 Å². The van der Waals surface area contributed by atoms with E-state index in [9.17, 15) is 29.1 Å². The highest BCUT2D eigenvalue weighted by Crippen LogP contribution is 2.19. The van der Waals surface area contributed by atoms with Crippen molar-refractivity contribution in [1.29, 1.82) is 0 Å². The van der Waals surface area contributed by atoms with E-state index in [1.54, 1.807) is 6.20 Å². The largest absolute Gasteiger partial charge is 0.480 e. The first-order valence-electron chi connectivity index (χ1n) is 14.8. The lowest BCUT2D eigenvalue weighted by Crippen LogP contribution is -2.59. The number of hydrogen-bond donors (Lipinski definition) is 9. The van der Waals surface area contributed by atoms with Crippen molar-refractivity contribution in [2.24, 2.45) is 5.73 Å². The maximum absolute atomic E-state index is 13.9. The highest BCUT2D eigenvalue weighted by molar-refractivity contribution is 7.98. The number of amides is 4. The van der Waals surface area contributed by atoms with Crippen LogP contribution in [0, 0.1) is 0 Å². The van der Waals surface area contributed by atoms with Crippen LogP contribution < -0.4 is 27.0 Å². The normalized spacial score (nSPS) is 13.7. The molecular weight excluding hydrogens is 628 g/mol. The number of rotatable bonds is 18. The first kappa shape index (κ1) is 34.7. The zero-order valence-corrected chi connectivity index (χ0v) is 26.4. The molecule has 0 fully saturated rings. The van der Waals surface area contributed by atoms with E-state index in [0.717, 1.165) is 16.5 Å². The second-order valence-electron chi connectivity index (χ2n) is 10.8. The van der Waals surface area contributed by atoms with Gasteiger partial charge in [-0.2, -0.15) is 11.8 Å². The van der Waals surface area contributed by atoms with Crippen molar-refractivity contribution in [3.63, 3.8) is 0 Å². The molecule has 17 heteroatoms. The van der Waals surface area contributed by atoms with Crippen LogP contribution in [0.4, 0.5) is 0 Å². The predicted octanol–water partition coefficient (Wildman–Crippen LogP) is -0.622. The van der Waals surface area contributed by atoms with Crippen LogP contribution in [0.25, 0.3) is 10.9 Å². The highest BCUT2D eigenvalue weighted by Gasteiger charge is 2.32. The van der Waals surface area contributed by atoms with Crippen molar-refractivity contribution in [2.45, 2.75) is 49.9 Å². The average molecular weight is 667 g/mol. The Morgan fingerprint density at radius 1 is 0.809 bits per heavy atom. The number of para-hydroxylation sites is 1. The third kappa shape index (κ3) is 9.91. The van der Waals surface area contributed by atoms with Gasteiger partial charge in [0, 0.05) is 60.1 Å². The molecule has 0 spiro atoms. The third-order valence-corrected chi connectivity index (χ3v) is 8.03. The summed E-state index contributed by atoms with van der Waals surface area (Å²) in [5.41, 5.74) is 8.12. The van der Waals surface area contributed by atoms with E-state index in [1.807, 2.05) is 30.5 Å². The molecule has 0 radical (unpaired) electrons. The van der Waals surface area contributed by atoms with Crippen LogP contribution in [0.3, 0.4) is 0 Å². The predicted molar refractivity (Wildman–Crippen MR) is 174 cm³/mol. The quantitative estimate of drug-likeness (QED) is 0.0650. The van der Waals surface area contributed by atoms with Crippen LogP contribution >= 0.6 is 11.8 Å². The lowest BCUT2D eigenvalue weighted by atomic mass is 10.0. The summed E-state index contributed by atoms with van der Waals surface area (Å²) in [6, 6.07) is 2.78. The van der Waals surface area contributed by atoms with Gasteiger partial charge in [-0.05, 0) is 30.1 Å². The monoisotopic (exact) mass is 666 g/mol. The van der Waals surface area contributed by atoms with Crippen LogP contribution in [-0.4, -0.2) is 102 Å². The number of nitrogens with one attached hydrogen (secondary N) is 7. The fourth-order valence-electron chi connectivity index (χ4n) is 4.95. The van der Waals surface area contributed by atoms with Crippen LogP contribution in [0.1, 0.15) is 23.4 Å². The third-order valence-electron chi connectivity index (χ3n) is 7.39. The van der Waals surface area contributed by atoms with Crippen molar-refractivity contribution >= 4 is 52.3 Å². The number of aromatic nitrogens is 5. The van der Waals surface area contributed by atoms with Crippen LogP contribution in [0.2, 0.25) is 0 Å². The first-order valence-corrected chi connectivity index (χ1v) is 16.2. The summed E-state index contributed by atoms with van der Waals surface area (Å²) in [5, 5.41) is 21.2. The van der Waals surface area contributed by atoms with E-state index < -0.39 is 53.8 Å². The van der Waals surface area contributed by atoms with Gasteiger partial charge in [-0.3, -0.25) is 19.2 Å². The number of nitrogens with two attached hydrogens (primary N) is 1. The molecule has 1 aromatic carbocycles. The lowest BCUT2D eigenvalue weighted by molar-refractivity contribution is -0.142. The van der Waals surface area contributed by atoms with Gasteiger partial charge < -0.3 is 47.1 Å². The topological polar surface area (TPSA) is 253 Å². The van der Waals surface area contributed by atoms with Crippen molar-refractivity contribution in [3.05, 3.63) is 72.5 Å². The maximum Gasteiger partial charge on any atom is 0.326 e. The van der Waals surface area contributed by atoms with Gasteiger partial charge >= 0.3 is 5.97 Å². The summed E-state index contributed by atoms with van der Waals surface area (Å²) in [6.07, 6.45) is 9.62. The molecule has 4 atom stereocenters. The molecule has 0 saturated heterocycles. The van der Waals surface area contributed by atoms with Gasteiger partial charge in [0.2, 0.25) is 23.6 Å². The number of hydrogen-bond acceptors (Lipinski definition) is 9. The number of imidazole rings is 2.